The Hall–Kier alpha value is -2.05. The van der Waals surface area contributed by atoms with Crippen molar-refractivity contribution < 1.29 is 4.74 Å². The van der Waals surface area contributed by atoms with E-state index in [-0.39, 0.29) is 0 Å². The molecule has 0 radical (unpaired) electrons. The van der Waals surface area contributed by atoms with Crippen molar-refractivity contribution in [3.05, 3.63) is 53.3 Å². The van der Waals surface area contributed by atoms with Crippen LogP contribution >= 0.6 is 11.6 Å². The molecular weight excluding hydrogens is 236 g/mol. The molecule has 4 heteroatoms. The topological polar surface area (TPSA) is 45.9 Å². The maximum atomic E-state index is 8.55. The highest BCUT2D eigenvalue weighted by Gasteiger charge is 1.99. The second kappa shape index (κ2) is 5.33. The summed E-state index contributed by atoms with van der Waals surface area (Å²) < 4.78 is 5.58. The van der Waals surface area contributed by atoms with Gasteiger partial charge >= 0.3 is 0 Å². The molecule has 0 aliphatic rings. The predicted molar refractivity (Wildman–Crippen MR) is 65.1 cm³/mol. The standard InChI is InChI=1S/C13H9ClN2O/c14-13-9-12(6-8-16-13)17-11-3-1-10(2-4-11)5-7-15/h1-4,6,8-9H,5H2. The molecule has 1 aromatic carbocycles. The molecule has 3 nitrogen and oxygen atoms in total. The second-order valence-electron chi connectivity index (χ2n) is 3.40. The fourth-order valence-electron chi connectivity index (χ4n) is 1.35. The van der Waals surface area contributed by atoms with E-state index < -0.39 is 0 Å². The summed E-state index contributed by atoms with van der Waals surface area (Å²) in [7, 11) is 0. The molecule has 0 aliphatic heterocycles. The van der Waals surface area contributed by atoms with Crippen molar-refractivity contribution in [2.75, 3.05) is 0 Å². The number of benzene rings is 1. The lowest BCUT2D eigenvalue weighted by Crippen LogP contribution is -1.86. The molecule has 0 bridgehead atoms. The molecule has 17 heavy (non-hydrogen) atoms. The monoisotopic (exact) mass is 244 g/mol. The quantitative estimate of drug-likeness (QED) is 0.775. The molecule has 1 heterocycles. The first-order chi connectivity index (χ1) is 8.28. The third kappa shape index (κ3) is 3.20. The summed E-state index contributed by atoms with van der Waals surface area (Å²) in [5.74, 6) is 1.34. The largest absolute Gasteiger partial charge is 0.457 e. The van der Waals surface area contributed by atoms with Crippen LogP contribution in [-0.4, -0.2) is 4.98 Å². The summed E-state index contributed by atoms with van der Waals surface area (Å²) in [5.41, 5.74) is 0.965. The molecule has 0 atom stereocenters. The number of hydrogen-bond donors (Lipinski definition) is 0. The number of nitrogens with zero attached hydrogens (tertiary/aromatic N) is 2. The average Bonchev–Trinajstić information content (AvgIpc) is 2.32. The first kappa shape index (κ1) is 11.4. The van der Waals surface area contributed by atoms with Gasteiger partial charge in [0.25, 0.3) is 0 Å². The summed E-state index contributed by atoms with van der Waals surface area (Å²) in [4.78, 5) is 3.87. The number of hydrogen-bond acceptors (Lipinski definition) is 3. The van der Waals surface area contributed by atoms with E-state index in [2.05, 4.69) is 11.1 Å². The third-order valence-electron chi connectivity index (χ3n) is 2.14. The third-order valence-corrected chi connectivity index (χ3v) is 2.35. The van der Waals surface area contributed by atoms with E-state index in [9.17, 15) is 0 Å². The van der Waals surface area contributed by atoms with Gasteiger partial charge in [0, 0.05) is 12.3 Å². The Labute approximate surface area is 104 Å². The maximum absolute atomic E-state index is 8.55. The van der Waals surface area contributed by atoms with Crippen molar-refractivity contribution in [1.82, 2.24) is 4.98 Å². The van der Waals surface area contributed by atoms with Crippen LogP contribution in [0.3, 0.4) is 0 Å². The Morgan fingerprint density at radius 3 is 2.59 bits per heavy atom. The van der Waals surface area contributed by atoms with Crippen LogP contribution < -0.4 is 4.74 Å². The van der Waals surface area contributed by atoms with Gasteiger partial charge in [0.15, 0.2) is 0 Å². The van der Waals surface area contributed by atoms with Crippen LogP contribution in [0.5, 0.6) is 11.5 Å². The Morgan fingerprint density at radius 1 is 1.18 bits per heavy atom. The van der Waals surface area contributed by atoms with E-state index in [1.165, 1.54) is 0 Å². The van der Waals surface area contributed by atoms with Crippen LogP contribution in [0.1, 0.15) is 5.56 Å². The van der Waals surface area contributed by atoms with Gasteiger partial charge in [-0.15, -0.1) is 0 Å². The highest BCUT2D eigenvalue weighted by molar-refractivity contribution is 6.29. The van der Waals surface area contributed by atoms with E-state index in [0.29, 0.717) is 23.1 Å². The zero-order valence-electron chi connectivity index (χ0n) is 8.93. The highest BCUT2D eigenvalue weighted by Crippen LogP contribution is 2.23. The van der Waals surface area contributed by atoms with Crippen molar-refractivity contribution >= 4 is 11.6 Å². The molecule has 2 rings (SSSR count). The van der Waals surface area contributed by atoms with Crippen LogP contribution in [0.15, 0.2) is 42.6 Å². The van der Waals surface area contributed by atoms with E-state index in [4.69, 9.17) is 21.6 Å². The van der Waals surface area contributed by atoms with Gasteiger partial charge < -0.3 is 4.74 Å². The van der Waals surface area contributed by atoms with Crippen molar-refractivity contribution in [2.45, 2.75) is 6.42 Å². The summed E-state index contributed by atoms with van der Waals surface area (Å²) in [5, 5.41) is 8.94. The van der Waals surface area contributed by atoms with Crippen LogP contribution in [0, 0.1) is 11.3 Å². The molecule has 0 spiro atoms. The Bertz CT molecular complexity index is 546. The first-order valence-corrected chi connectivity index (χ1v) is 5.41. The van der Waals surface area contributed by atoms with Crippen molar-refractivity contribution in [1.29, 1.82) is 5.26 Å². The number of ether oxygens (including phenoxy) is 1. The molecule has 0 saturated heterocycles. The van der Waals surface area contributed by atoms with Gasteiger partial charge in [0.2, 0.25) is 0 Å². The van der Waals surface area contributed by atoms with Crippen molar-refractivity contribution in [3.63, 3.8) is 0 Å². The van der Waals surface area contributed by atoms with Gasteiger partial charge in [-0.3, -0.25) is 0 Å². The Kier molecular flexibility index (Phi) is 3.59. The fourth-order valence-corrected chi connectivity index (χ4v) is 1.51. The summed E-state index contributed by atoms with van der Waals surface area (Å²) >= 11 is 5.75. The van der Waals surface area contributed by atoms with Gasteiger partial charge in [0.1, 0.15) is 16.7 Å². The fraction of sp³-hybridized carbons (Fsp3) is 0.0769. The SMILES string of the molecule is N#CCc1ccc(Oc2ccnc(Cl)c2)cc1. The molecule has 84 valence electrons. The molecule has 0 aliphatic carbocycles. The van der Waals surface area contributed by atoms with Crippen LogP contribution in [0.4, 0.5) is 0 Å². The van der Waals surface area contributed by atoms with E-state index in [1.807, 2.05) is 24.3 Å². The molecule has 0 N–H and O–H groups in total. The van der Waals surface area contributed by atoms with Gasteiger partial charge in [-0.25, -0.2) is 4.98 Å². The number of pyridine rings is 1. The van der Waals surface area contributed by atoms with Crippen molar-refractivity contribution in [2.24, 2.45) is 0 Å². The minimum Gasteiger partial charge on any atom is -0.457 e. The van der Waals surface area contributed by atoms with Gasteiger partial charge in [0.05, 0.1) is 12.5 Å². The number of halogens is 1. The predicted octanol–water partition coefficient (Wildman–Crippen LogP) is 3.59. The highest BCUT2D eigenvalue weighted by atomic mass is 35.5. The number of aromatic nitrogens is 1. The van der Waals surface area contributed by atoms with Gasteiger partial charge in [-0.05, 0) is 23.8 Å². The van der Waals surface area contributed by atoms with Crippen LogP contribution in [0.2, 0.25) is 5.15 Å². The Balaban J connectivity index is 2.11. The van der Waals surface area contributed by atoms with Crippen molar-refractivity contribution in [3.8, 4) is 17.6 Å². The zero-order valence-corrected chi connectivity index (χ0v) is 9.69. The average molecular weight is 245 g/mol. The van der Waals surface area contributed by atoms with Crippen LogP contribution in [0.25, 0.3) is 0 Å². The zero-order chi connectivity index (χ0) is 12.1. The van der Waals surface area contributed by atoms with Crippen LogP contribution in [-0.2, 0) is 6.42 Å². The number of rotatable bonds is 3. The summed E-state index contributed by atoms with van der Waals surface area (Å²) in [6, 6.07) is 12.8. The molecular formula is C13H9ClN2O. The number of nitriles is 1. The van der Waals surface area contributed by atoms with Gasteiger partial charge in [-0.1, -0.05) is 23.7 Å². The first-order valence-electron chi connectivity index (χ1n) is 5.03. The molecule has 0 saturated carbocycles. The molecule has 2 aromatic rings. The summed E-state index contributed by atoms with van der Waals surface area (Å²) in [6.07, 6.45) is 1.99. The molecule has 0 fully saturated rings. The molecule has 0 unspecified atom stereocenters. The molecule has 1 aromatic heterocycles. The van der Waals surface area contributed by atoms with E-state index in [1.54, 1.807) is 18.3 Å². The maximum Gasteiger partial charge on any atom is 0.132 e. The lowest BCUT2D eigenvalue weighted by Gasteiger charge is -2.05. The Morgan fingerprint density at radius 2 is 1.94 bits per heavy atom. The van der Waals surface area contributed by atoms with E-state index in [0.717, 1.165) is 5.56 Å². The van der Waals surface area contributed by atoms with Gasteiger partial charge in [-0.2, -0.15) is 5.26 Å². The smallest absolute Gasteiger partial charge is 0.132 e. The lowest BCUT2D eigenvalue weighted by molar-refractivity contribution is 0.482. The lowest BCUT2D eigenvalue weighted by atomic mass is 10.2. The minimum atomic E-state index is 0.392. The normalized spacial score (nSPS) is 9.65. The summed E-state index contributed by atoms with van der Waals surface area (Å²) in [6.45, 7) is 0. The van der Waals surface area contributed by atoms with E-state index >= 15 is 0 Å². The minimum absolute atomic E-state index is 0.392. The second-order valence-corrected chi connectivity index (χ2v) is 3.78. The molecule has 0 amide bonds.